The summed E-state index contributed by atoms with van der Waals surface area (Å²) in [7, 11) is 2.06. The molecule has 2 aromatic rings. The maximum Gasteiger partial charge on any atom is 0.0481 e. The normalized spacial score (nSPS) is 11.1. The Morgan fingerprint density at radius 1 is 1.36 bits per heavy atom. The van der Waals surface area contributed by atoms with Crippen molar-refractivity contribution in [2.24, 2.45) is 12.8 Å². The summed E-state index contributed by atoms with van der Waals surface area (Å²) in [5, 5.41) is 1.30. The van der Waals surface area contributed by atoms with Crippen LogP contribution in [0.5, 0.6) is 0 Å². The number of nitrogens with two attached hydrogens (primary N) is 1. The molecule has 0 aliphatic rings. The first-order valence-electron chi connectivity index (χ1n) is 5.03. The van der Waals surface area contributed by atoms with Crippen molar-refractivity contribution in [3.8, 4) is 0 Å². The number of aryl methyl sites for hydroxylation is 2. The predicted octanol–water partition coefficient (Wildman–Crippen LogP) is 2.20. The van der Waals surface area contributed by atoms with E-state index in [0.29, 0.717) is 6.54 Å². The molecular formula is C12H16N2. The van der Waals surface area contributed by atoms with Gasteiger partial charge in [0.05, 0.1) is 0 Å². The average Bonchev–Trinajstić information content (AvgIpc) is 2.55. The van der Waals surface area contributed by atoms with Crippen LogP contribution in [0.25, 0.3) is 10.9 Å². The molecule has 0 aliphatic carbocycles. The maximum absolute atomic E-state index is 5.71. The Kier molecular flexibility index (Phi) is 2.30. The standard InChI is InChI=1S/C12H16N2/c1-3-9-4-5-12-11(6-9)10(7-13)8-14(12)2/h4-6,8H,3,7,13H2,1-2H3. The van der Waals surface area contributed by atoms with Gasteiger partial charge in [-0.25, -0.2) is 0 Å². The number of aromatic nitrogens is 1. The van der Waals surface area contributed by atoms with Crippen molar-refractivity contribution in [3.63, 3.8) is 0 Å². The van der Waals surface area contributed by atoms with Gasteiger partial charge in [0.15, 0.2) is 0 Å². The summed E-state index contributed by atoms with van der Waals surface area (Å²) in [5.41, 5.74) is 9.58. The zero-order valence-electron chi connectivity index (χ0n) is 8.75. The van der Waals surface area contributed by atoms with Crippen LogP contribution in [0.2, 0.25) is 0 Å². The molecule has 1 aromatic heterocycles. The van der Waals surface area contributed by atoms with E-state index in [1.807, 2.05) is 0 Å². The predicted molar refractivity (Wildman–Crippen MR) is 60.2 cm³/mol. The van der Waals surface area contributed by atoms with Crippen LogP contribution in [0, 0.1) is 0 Å². The molecule has 0 aliphatic heterocycles. The van der Waals surface area contributed by atoms with E-state index >= 15 is 0 Å². The van der Waals surface area contributed by atoms with Gasteiger partial charge in [-0.05, 0) is 29.7 Å². The van der Waals surface area contributed by atoms with Gasteiger partial charge in [-0.15, -0.1) is 0 Å². The van der Waals surface area contributed by atoms with Crippen LogP contribution in [0.4, 0.5) is 0 Å². The van der Waals surface area contributed by atoms with Crippen molar-refractivity contribution in [1.82, 2.24) is 4.57 Å². The molecule has 0 amide bonds. The smallest absolute Gasteiger partial charge is 0.0481 e. The highest BCUT2D eigenvalue weighted by atomic mass is 14.9. The van der Waals surface area contributed by atoms with Crippen LogP contribution in [0.15, 0.2) is 24.4 Å². The Morgan fingerprint density at radius 2 is 2.14 bits per heavy atom. The fourth-order valence-electron chi connectivity index (χ4n) is 1.90. The fraction of sp³-hybridized carbons (Fsp3) is 0.333. The second-order valence-corrected chi connectivity index (χ2v) is 3.67. The molecule has 1 aromatic carbocycles. The van der Waals surface area contributed by atoms with Gasteiger partial charge in [0, 0.05) is 30.7 Å². The molecule has 2 nitrogen and oxygen atoms in total. The zero-order valence-corrected chi connectivity index (χ0v) is 8.75. The van der Waals surface area contributed by atoms with Gasteiger partial charge in [-0.2, -0.15) is 0 Å². The Balaban J connectivity index is 2.71. The first-order valence-corrected chi connectivity index (χ1v) is 5.03. The summed E-state index contributed by atoms with van der Waals surface area (Å²) in [4.78, 5) is 0. The summed E-state index contributed by atoms with van der Waals surface area (Å²) in [6.07, 6.45) is 3.19. The van der Waals surface area contributed by atoms with E-state index in [1.54, 1.807) is 0 Å². The molecule has 0 saturated heterocycles. The molecule has 2 heteroatoms. The SMILES string of the molecule is CCc1ccc2c(c1)c(CN)cn2C. The van der Waals surface area contributed by atoms with Crippen molar-refractivity contribution in [1.29, 1.82) is 0 Å². The summed E-state index contributed by atoms with van der Waals surface area (Å²) >= 11 is 0. The molecule has 74 valence electrons. The summed E-state index contributed by atoms with van der Waals surface area (Å²) in [6.45, 7) is 2.79. The van der Waals surface area contributed by atoms with Crippen LogP contribution in [-0.4, -0.2) is 4.57 Å². The Labute approximate surface area is 84.3 Å². The van der Waals surface area contributed by atoms with Crippen molar-refractivity contribution >= 4 is 10.9 Å². The van der Waals surface area contributed by atoms with Crippen LogP contribution in [0.1, 0.15) is 18.1 Å². The molecule has 0 fully saturated rings. The number of nitrogens with zero attached hydrogens (tertiary/aromatic N) is 1. The second-order valence-electron chi connectivity index (χ2n) is 3.67. The number of benzene rings is 1. The van der Waals surface area contributed by atoms with Gasteiger partial charge in [-0.3, -0.25) is 0 Å². The third kappa shape index (κ3) is 1.32. The minimum atomic E-state index is 0.616. The van der Waals surface area contributed by atoms with Crippen molar-refractivity contribution in [3.05, 3.63) is 35.5 Å². The molecule has 2 rings (SSSR count). The lowest BCUT2D eigenvalue weighted by molar-refractivity contribution is 0.948. The highest BCUT2D eigenvalue weighted by Gasteiger charge is 2.04. The van der Waals surface area contributed by atoms with Gasteiger partial charge < -0.3 is 10.3 Å². The molecule has 0 unspecified atom stereocenters. The molecule has 0 radical (unpaired) electrons. The fourth-order valence-corrected chi connectivity index (χ4v) is 1.90. The molecule has 0 atom stereocenters. The molecule has 1 heterocycles. The van der Waals surface area contributed by atoms with Gasteiger partial charge in [0.25, 0.3) is 0 Å². The number of rotatable bonds is 2. The highest BCUT2D eigenvalue weighted by molar-refractivity contribution is 5.84. The van der Waals surface area contributed by atoms with Crippen LogP contribution >= 0.6 is 0 Å². The van der Waals surface area contributed by atoms with E-state index in [0.717, 1.165) is 6.42 Å². The molecule has 0 bridgehead atoms. The third-order valence-electron chi connectivity index (χ3n) is 2.76. The highest BCUT2D eigenvalue weighted by Crippen LogP contribution is 2.21. The van der Waals surface area contributed by atoms with E-state index in [1.165, 1.54) is 22.0 Å². The van der Waals surface area contributed by atoms with E-state index in [4.69, 9.17) is 5.73 Å². The monoisotopic (exact) mass is 188 g/mol. The number of hydrogen-bond acceptors (Lipinski definition) is 1. The molecule has 0 spiro atoms. The summed E-state index contributed by atoms with van der Waals surface area (Å²) in [6, 6.07) is 6.60. The van der Waals surface area contributed by atoms with Gasteiger partial charge in [-0.1, -0.05) is 13.0 Å². The molecular weight excluding hydrogens is 172 g/mol. The minimum absolute atomic E-state index is 0.616. The Bertz CT molecular complexity index is 455. The number of hydrogen-bond donors (Lipinski definition) is 1. The topological polar surface area (TPSA) is 30.9 Å². The lowest BCUT2D eigenvalue weighted by Gasteiger charge is -1.99. The van der Waals surface area contributed by atoms with Crippen molar-refractivity contribution in [2.45, 2.75) is 19.9 Å². The van der Waals surface area contributed by atoms with Crippen LogP contribution in [0.3, 0.4) is 0 Å². The Morgan fingerprint density at radius 3 is 2.79 bits per heavy atom. The zero-order chi connectivity index (χ0) is 10.1. The second kappa shape index (κ2) is 3.46. The molecule has 2 N–H and O–H groups in total. The quantitative estimate of drug-likeness (QED) is 0.769. The van der Waals surface area contributed by atoms with E-state index in [2.05, 4.69) is 42.9 Å². The van der Waals surface area contributed by atoms with Gasteiger partial charge in [0.2, 0.25) is 0 Å². The van der Waals surface area contributed by atoms with E-state index < -0.39 is 0 Å². The van der Waals surface area contributed by atoms with E-state index in [9.17, 15) is 0 Å². The number of fused-ring (bicyclic) bond motifs is 1. The average molecular weight is 188 g/mol. The van der Waals surface area contributed by atoms with E-state index in [-0.39, 0.29) is 0 Å². The third-order valence-corrected chi connectivity index (χ3v) is 2.76. The molecule has 14 heavy (non-hydrogen) atoms. The van der Waals surface area contributed by atoms with Gasteiger partial charge in [0.1, 0.15) is 0 Å². The van der Waals surface area contributed by atoms with Gasteiger partial charge >= 0.3 is 0 Å². The summed E-state index contributed by atoms with van der Waals surface area (Å²) < 4.78 is 2.14. The lowest BCUT2D eigenvalue weighted by Crippen LogP contribution is -1.94. The van der Waals surface area contributed by atoms with Crippen LogP contribution < -0.4 is 5.73 Å². The largest absolute Gasteiger partial charge is 0.350 e. The van der Waals surface area contributed by atoms with Crippen molar-refractivity contribution in [2.75, 3.05) is 0 Å². The first-order chi connectivity index (χ1) is 6.76. The summed E-state index contributed by atoms with van der Waals surface area (Å²) in [5.74, 6) is 0. The Hall–Kier alpha value is -1.28. The molecule has 0 saturated carbocycles. The van der Waals surface area contributed by atoms with Crippen molar-refractivity contribution < 1.29 is 0 Å². The maximum atomic E-state index is 5.71. The first kappa shape index (κ1) is 9.28. The van der Waals surface area contributed by atoms with Crippen LogP contribution in [-0.2, 0) is 20.0 Å². The minimum Gasteiger partial charge on any atom is -0.350 e. The lowest BCUT2D eigenvalue weighted by atomic mass is 10.1.